The molecule has 5 nitrogen and oxygen atoms in total. The molecule has 1 N–H and O–H groups in total. The van der Waals surface area contributed by atoms with Crippen molar-refractivity contribution >= 4 is 22.9 Å². The Balaban J connectivity index is 1.63. The van der Waals surface area contributed by atoms with E-state index in [0.29, 0.717) is 12.3 Å². The molecular formula is C25H21N3O2. The molecule has 4 rings (SSSR count). The lowest BCUT2D eigenvalue weighted by Crippen LogP contribution is -2.23. The Kier molecular flexibility index (Phi) is 5.49. The molecule has 2 aromatic carbocycles. The Morgan fingerprint density at radius 1 is 1.13 bits per heavy atom. The van der Waals surface area contributed by atoms with Crippen molar-refractivity contribution in [2.75, 3.05) is 0 Å². The molecule has 0 spiro atoms. The second-order valence-corrected chi connectivity index (χ2v) is 7.15. The summed E-state index contributed by atoms with van der Waals surface area (Å²) in [6, 6.07) is 22.0. The Morgan fingerprint density at radius 3 is 2.67 bits per heavy atom. The maximum absolute atomic E-state index is 12.5. The van der Waals surface area contributed by atoms with Crippen molar-refractivity contribution in [3.05, 3.63) is 101 Å². The van der Waals surface area contributed by atoms with E-state index in [-0.39, 0.29) is 12.1 Å². The number of aryl methyl sites for hydroxylation is 1. The first-order chi connectivity index (χ1) is 14.6. The fourth-order valence-corrected chi connectivity index (χ4v) is 3.39. The van der Waals surface area contributed by atoms with E-state index in [2.05, 4.69) is 41.1 Å². The highest BCUT2D eigenvalue weighted by Crippen LogP contribution is 2.24. The quantitative estimate of drug-likeness (QED) is 0.376. The van der Waals surface area contributed by atoms with Crippen LogP contribution in [-0.2, 0) is 17.9 Å². The molecule has 0 aliphatic rings. The molecule has 0 saturated carbocycles. The fraction of sp³-hybridized carbons (Fsp3) is 0.120. The number of aromatic nitrogens is 1. The van der Waals surface area contributed by atoms with Crippen LogP contribution in [0.1, 0.15) is 22.5 Å². The maximum Gasteiger partial charge on any atom is 0.262 e. The minimum absolute atomic E-state index is 0.0554. The number of hydrogen-bond donors (Lipinski definition) is 1. The van der Waals surface area contributed by atoms with Crippen molar-refractivity contribution in [1.82, 2.24) is 9.88 Å². The monoisotopic (exact) mass is 395 g/mol. The summed E-state index contributed by atoms with van der Waals surface area (Å²) in [7, 11) is 0. The van der Waals surface area contributed by atoms with Crippen LogP contribution >= 0.6 is 0 Å². The molecule has 0 aliphatic heterocycles. The molecule has 2 aromatic heterocycles. The number of carbonyl (C=O) groups excluding carboxylic acids is 1. The second kappa shape index (κ2) is 8.54. The largest absolute Gasteiger partial charge is 0.467 e. The van der Waals surface area contributed by atoms with Crippen LogP contribution in [0.2, 0.25) is 0 Å². The fourth-order valence-electron chi connectivity index (χ4n) is 3.39. The van der Waals surface area contributed by atoms with Crippen LogP contribution in [-0.4, -0.2) is 10.5 Å². The lowest BCUT2D eigenvalue weighted by molar-refractivity contribution is -0.117. The number of amides is 1. The van der Waals surface area contributed by atoms with Gasteiger partial charge >= 0.3 is 0 Å². The highest BCUT2D eigenvalue weighted by Gasteiger charge is 2.13. The van der Waals surface area contributed by atoms with Gasteiger partial charge in [0.2, 0.25) is 0 Å². The molecule has 148 valence electrons. The molecule has 1 amide bonds. The molecule has 4 aromatic rings. The molecule has 5 heteroatoms. The zero-order valence-corrected chi connectivity index (χ0v) is 16.6. The molecule has 0 atom stereocenters. The number of carbonyl (C=O) groups is 1. The first-order valence-electron chi connectivity index (χ1n) is 9.70. The van der Waals surface area contributed by atoms with E-state index in [9.17, 15) is 10.1 Å². The molecule has 2 heterocycles. The van der Waals surface area contributed by atoms with E-state index in [1.165, 1.54) is 11.1 Å². The Bertz CT molecular complexity index is 1240. The third-order valence-electron chi connectivity index (χ3n) is 4.96. The maximum atomic E-state index is 12.5. The summed E-state index contributed by atoms with van der Waals surface area (Å²) in [5, 5.41) is 13.3. The number of fused-ring (bicyclic) bond motifs is 1. The average molecular weight is 395 g/mol. The summed E-state index contributed by atoms with van der Waals surface area (Å²) in [6.45, 7) is 3.01. The van der Waals surface area contributed by atoms with E-state index in [1.807, 2.05) is 36.5 Å². The standard InChI is InChI=1S/C25H21N3O2/c1-18-8-10-19(11-9-18)16-28-17-21(23-6-2-3-7-24(23)28)13-20(14-26)25(29)27-15-22-5-4-12-30-22/h2-13,17H,15-16H2,1H3,(H,27,29)/b20-13-. The van der Waals surface area contributed by atoms with Crippen molar-refractivity contribution in [1.29, 1.82) is 5.26 Å². The summed E-state index contributed by atoms with van der Waals surface area (Å²) >= 11 is 0. The number of nitrogens with one attached hydrogen (secondary N) is 1. The Hall–Kier alpha value is -4.04. The van der Waals surface area contributed by atoms with Gasteiger partial charge in [0.15, 0.2) is 0 Å². The van der Waals surface area contributed by atoms with Crippen LogP contribution in [0, 0.1) is 18.3 Å². The molecule has 0 fully saturated rings. The van der Waals surface area contributed by atoms with Crippen molar-refractivity contribution in [3.8, 4) is 6.07 Å². The van der Waals surface area contributed by atoms with E-state index < -0.39 is 5.91 Å². The normalized spacial score (nSPS) is 11.4. The second-order valence-electron chi connectivity index (χ2n) is 7.15. The molecule has 30 heavy (non-hydrogen) atoms. The summed E-state index contributed by atoms with van der Waals surface area (Å²) in [5.74, 6) is 0.208. The van der Waals surface area contributed by atoms with Crippen molar-refractivity contribution in [2.45, 2.75) is 20.0 Å². The van der Waals surface area contributed by atoms with Gasteiger partial charge in [0, 0.05) is 29.2 Å². The van der Waals surface area contributed by atoms with Gasteiger partial charge < -0.3 is 14.3 Å². The van der Waals surface area contributed by atoms with Gasteiger partial charge in [-0.15, -0.1) is 0 Å². The first kappa shape index (κ1) is 19.3. The SMILES string of the molecule is Cc1ccc(Cn2cc(/C=C(/C#N)C(=O)NCc3ccco3)c3ccccc32)cc1. The van der Waals surface area contributed by atoms with Gasteiger partial charge in [0.05, 0.1) is 12.8 Å². The molecule has 0 radical (unpaired) electrons. The zero-order valence-electron chi connectivity index (χ0n) is 16.6. The first-order valence-corrected chi connectivity index (χ1v) is 9.70. The Labute approximate surface area is 174 Å². The predicted molar refractivity (Wildman–Crippen MR) is 116 cm³/mol. The number of benzene rings is 2. The summed E-state index contributed by atoms with van der Waals surface area (Å²) in [6.07, 6.45) is 5.18. The van der Waals surface area contributed by atoms with Crippen LogP contribution in [0.3, 0.4) is 0 Å². The minimum atomic E-state index is -0.427. The number of nitrogens with zero attached hydrogens (tertiary/aromatic N) is 2. The van der Waals surface area contributed by atoms with Gasteiger partial charge in [0.1, 0.15) is 17.4 Å². The topological polar surface area (TPSA) is 71.0 Å². The van der Waals surface area contributed by atoms with Crippen LogP contribution in [0.5, 0.6) is 0 Å². The van der Waals surface area contributed by atoms with Gasteiger partial charge in [0.25, 0.3) is 5.91 Å². The smallest absolute Gasteiger partial charge is 0.262 e. The Morgan fingerprint density at radius 2 is 1.93 bits per heavy atom. The molecule has 0 aliphatic carbocycles. The van der Waals surface area contributed by atoms with Crippen LogP contribution < -0.4 is 5.32 Å². The lowest BCUT2D eigenvalue weighted by Gasteiger charge is -2.06. The van der Waals surface area contributed by atoms with E-state index in [0.717, 1.165) is 16.5 Å². The van der Waals surface area contributed by atoms with Crippen molar-refractivity contribution in [2.24, 2.45) is 0 Å². The van der Waals surface area contributed by atoms with E-state index in [1.54, 1.807) is 24.5 Å². The number of rotatable bonds is 6. The van der Waals surface area contributed by atoms with Crippen LogP contribution in [0.4, 0.5) is 0 Å². The molecule has 0 bridgehead atoms. The van der Waals surface area contributed by atoms with Crippen LogP contribution in [0.15, 0.2) is 83.1 Å². The van der Waals surface area contributed by atoms with Gasteiger partial charge in [-0.25, -0.2) is 0 Å². The molecule has 0 unspecified atom stereocenters. The van der Waals surface area contributed by atoms with Gasteiger partial charge in [-0.1, -0.05) is 48.0 Å². The summed E-state index contributed by atoms with van der Waals surface area (Å²) in [4.78, 5) is 12.5. The van der Waals surface area contributed by atoms with Gasteiger partial charge in [-0.2, -0.15) is 5.26 Å². The highest BCUT2D eigenvalue weighted by atomic mass is 16.3. The highest BCUT2D eigenvalue weighted by molar-refractivity contribution is 6.04. The third kappa shape index (κ3) is 4.18. The van der Waals surface area contributed by atoms with Gasteiger partial charge in [-0.05, 0) is 36.8 Å². The predicted octanol–water partition coefficient (Wildman–Crippen LogP) is 4.81. The van der Waals surface area contributed by atoms with Crippen LogP contribution in [0.25, 0.3) is 17.0 Å². The summed E-state index contributed by atoms with van der Waals surface area (Å²) in [5.41, 5.74) is 4.35. The van der Waals surface area contributed by atoms with Crippen molar-refractivity contribution < 1.29 is 9.21 Å². The van der Waals surface area contributed by atoms with E-state index >= 15 is 0 Å². The number of nitriles is 1. The summed E-state index contributed by atoms with van der Waals surface area (Å²) < 4.78 is 7.36. The number of furan rings is 1. The average Bonchev–Trinajstić information content (AvgIpc) is 3.40. The zero-order chi connectivity index (χ0) is 20.9. The number of hydrogen-bond acceptors (Lipinski definition) is 3. The lowest BCUT2D eigenvalue weighted by atomic mass is 10.1. The number of para-hydroxylation sites is 1. The third-order valence-corrected chi connectivity index (χ3v) is 4.96. The van der Waals surface area contributed by atoms with E-state index in [4.69, 9.17) is 4.42 Å². The van der Waals surface area contributed by atoms with Crippen molar-refractivity contribution in [3.63, 3.8) is 0 Å². The van der Waals surface area contributed by atoms with Gasteiger partial charge in [-0.3, -0.25) is 4.79 Å². The minimum Gasteiger partial charge on any atom is -0.467 e. The molecule has 0 saturated heterocycles. The molecular weight excluding hydrogens is 374 g/mol.